The fraction of sp³-hybridized carbons (Fsp3) is 0.562. The Balaban J connectivity index is 2.52. The summed E-state index contributed by atoms with van der Waals surface area (Å²) in [5, 5.41) is 6.00. The van der Waals surface area contributed by atoms with Crippen LogP contribution >= 0.6 is 0 Å². The second-order valence-corrected chi connectivity index (χ2v) is 5.33. The van der Waals surface area contributed by atoms with Crippen molar-refractivity contribution in [3.63, 3.8) is 0 Å². The van der Waals surface area contributed by atoms with Gasteiger partial charge in [-0.15, -0.1) is 0 Å². The lowest BCUT2D eigenvalue weighted by Crippen LogP contribution is -2.33. The fourth-order valence-corrected chi connectivity index (χ4v) is 2.02. The van der Waals surface area contributed by atoms with E-state index in [4.69, 9.17) is 0 Å². The van der Waals surface area contributed by atoms with Crippen molar-refractivity contribution in [3.8, 4) is 0 Å². The number of rotatable bonds is 8. The van der Waals surface area contributed by atoms with Crippen LogP contribution in [0.2, 0.25) is 0 Å². The summed E-state index contributed by atoms with van der Waals surface area (Å²) in [5.41, 5.74) is 2.43. The summed E-state index contributed by atoms with van der Waals surface area (Å²) in [6.07, 6.45) is 0. The second-order valence-electron chi connectivity index (χ2n) is 5.33. The fourth-order valence-electron chi connectivity index (χ4n) is 2.02. The Bertz CT molecular complexity index is 420. The van der Waals surface area contributed by atoms with Gasteiger partial charge in [0.25, 0.3) is 0 Å². The van der Waals surface area contributed by atoms with E-state index in [2.05, 4.69) is 53.8 Å². The van der Waals surface area contributed by atoms with Crippen LogP contribution in [0.4, 0.5) is 0 Å². The van der Waals surface area contributed by atoms with Gasteiger partial charge in [0.15, 0.2) is 0 Å². The highest BCUT2D eigenvalue weighted by molar-refractivity contribution is 5.78. The van der Waals surface area contributed by atoms with E-state index in [1.165, 1.54) is 5.56 Å². The zero-order valence-corrected chi connectivity index (χ0v) is 13.1. The van der Waals surface area contributed by atoms with Gasteiger partial charge in [-0.1, -0.05) is 38.1 Å². The third-order valence-electron chi connectivity index (χ3n) is 3.41. The van der Waals surface area contributed by atoms with Gasteiger partial charge >= 0.3 is 0 Å². The number of benzene rings is 1. The van der Waals surface area contributed by atoms with E-state index in [1.807, 2.05) is 14.0 Å². The van der Waals surface area contributed by atoms with Crippen molar-refractivity contribution in [2.45, 2.75) is 26.9 Å². The van der Waals surface area contributed by atoms with Crippen LogP contribution in [0, 0.1) is 5.92 Å². The molecule has 0 radical (unpaired) electrons. The lowest BCUT2D eigenvalue weighted by molar-refractivity contribution is -0.124. The average molecular weight is 277 g/mol. The number of amides is 1. The zero-order valence-electron chi connectivity index (χ0n) is 13.1. The van der Waals surface area contributed by atoms with Crippen LogP contribution < -0.4 is 10.6 Å². The quantitative estimate of drug-likeness (QED) is 0.759. The first-order valence-electron chi connectivity index (χ1n) is 7.25. The Kier molecular flexibility index (Phi) is 7.26. The zero-order chi connectivity index (χ0) is 15.0. The van der Waals surface area contributed by atoms with Crippen molar-refractivity contribution in [2.24, 2.45) is 5.92 Å². The van der Waals surface area contributed by atoms with Gasteiger partial charge in [-0.3, -0.25) is 4.79 Å². The minimum Gasteiger partial charge on any atom is -0.352 e. The Morgan fingerprint density at radius 1 is 1.35 bits per heavy atom. The summed E-state index contributed by atoms with van der Waals surface area (Å²) in [6.45, 7) is 7.34. The molecule has 0 fully saturated rings. The topological polar surface area (TPSA) is 44.4 Å². The molecule has 0 aliphatic rings. The molecule has 1 rings (SSSR count). The number of hydrogen-bond acceptors (Lipinski definition) is 3. The van der Waals surface area contributed by atoms with Gasteiger partial charge in [0.2, 0.25) is 5.91 Å². The summed E-state index contributed by atoms with van der Waals surface area (Å²) >= 11 is 0. The molecular weight excluding hydrogens is 250 g/mol. The molecule has 0 aliphatic heterocycles. The maximum Gasteiger partial charge on any atom is 0.224 e. The maximum atomic E-state index is 11.9. The van der Waals surface area contributed by atoms with Gasteiger partial charge in [-0.05, 0) is 31.8 Å². The number of carbonyl (C=O) groups is 1. The molecule has 1 unspecified atom stereocenters. The molecule has 0 saturated heterocycles. The minimum atomic E-state index is -0.00518. The van der Waals surface area contributed by atoms with Crippen molar-refractivity contribution in [2.75, 3.05) is 27.2 Å². The van der Waals surface area contributed by atoms with Gasteiger partial charge in [0.05, 0.1) is 0 Å². The molecule has 112 valence electrons. The molecule has 1 aromatic rings. The minimum absolute atomic E-state index is 0.00518. The van der Waals surface area contributed by atoms with Crippen LogP contribution in [-0.2, 0) is 17.9 Å². The molecule has 1 amide bonds. The second kappa shape index (κ2) is 8.72. The Morgan fingerprint density at radius 2 is 2.05 bits per heavy atom. The van der Waals surface area contributed by atoms with E-state index >= 15 is 0 Å². The van der Waals surface area contributed by atoms with E-state index in [0.29, 0.717) is 13.1 Å². The van der Waals surface area contributed by atoms with Crippen LogP contribution in [0.1, 0.15) is 25.0 Å². The van der Waals surface area contributed by atoms with Gasteiger partial charge < -0.3 is 15.5 Å². The van der Waals surface area contributed by atoms with E-state index < -0.39 is 0 Å². The van der Waals surface area contributed by atoms with Gasteiger partial charge in [-0.25, -0.2) is 0 Å². The normalized spacial score (nSPS) is 12.4. The van der Waals surface area contributed by atoms with Crippen molar-refractivity contribution in [3.05, 3.63) is 35.4 Å². The lowest BCUT2D eigenvalue weighted by Gasteiger charge is -2.15. The van der Waals surface area contributed by atoms with Crippen molar-refractivity contribution in [1.29, 1.82) is 0 Å². The Labute approximate surface area is 122 Å². The van der Waals surface area contributed by atoms with Crippen molar-refractivity contribution < 1.29 is 4.79 Å². The summed E-state index contributed by atoms with van der Waals surface area (Å²) in [5.74, 6) is 0.0878. The number of carbonyl (C=O) groups excluding carboxylic acids is 1. The molecule has 2 N–H and O–H groups in total. The molecule has 1 atom stereocenters. The highest BCUT2D eigenvalue weighted by Gasteiger charge is 2.11. The molecule has 4 heteroatoms. The molecule has 4 nitrogen and oxygen atoms in total. The molecule has 0 spiro atoms. The molecule has 0 bridgehead atoms. The molecule has 1 aromatic carbocycles. The molecule has 0 saturated carbocycles. The van der Waals surface area contributed by atoms with Crippen LogP contribution in [-0.4, -0.2) is 38.0 Å². The van der Waals surface area contributed by atoms with Crippen molar-refractivity contribution >= 4 is 5.91 Å². The first kappa shape index (κ1) is 16.7. The molecule has 0 heterocycles. The standard InChI is InChI=1S/C16H27N3O/c1-5-19(4)12-15-8-6-7-14(9-15)11-18-16(20)13(2)10-17-3/h6-9,13,17H,5,10-12H2,1-4H3,(H,18,20). The van der Waals surface area contributed by atoms with Crippen LogP contribution in [0.25, 0.3) is 0 Å². The summed E-state index contributed by atoms with van der Waals surface area (Å²) in [6, 6.07) is 8.39. The molecular formula is C16H27N3O. The lowest BCUT2D eigenvalue weighted by atomic mass is 10.1. The third-order valence-corrected chi connectivity index (χ3v) is 3.41. The Hall–Kier alpha value is -1.39. The van der Waals surface area contributed by atoms with Crippen LogP contribution in [0.3, 0.4) is 0 Å². The maximum absolute atomic E-state index is 11.9. The first-order valence-corrected chi connectivity index (χ1v) is 7.25. The number of nitrogens with zero attached hydrogens (tertiary/aromatic N) is 1. The smallest absolute Gasteiger partial charge is 0.224 e. The van der Waals surface area contributed by atoms with Gasteiger partial charge in [0.1, 0.15) is 0 Å². The summed E-state index contributed by atoms with van der Waals surface area (Å²) in [4.78, 5) is 14.1. The average Bonchev–Trinajstić information content (AvgIpc) is 2.45. The molecule has 0 aromatic heterocycles. The van der Waals surface area contributed by atoms with E-state index in [-0.39, 0.29) is 11.8 Å². The third kappa shape index (κ3) is 5.72. The largest absolute Gasteiger partial charge is 0.352 e. The predicted molar refractivity (Wildman–Crippen MR) is 83.4 cm³/mol. The highest BCUT2D eigenvalue weighted by Crippen LogP contribution is 2.08. The summed E-state index contributed by atoms with van der Waals surface area (Å²) < 4.78 is 0. The summed E-state index contributed by atoms with van der Waals surface area (Å²) in [7, 11) is 3.96. The number of hydrogen-bond donors (Lipinski definition) is 2. The monoisotopic (exact) mass is 277 g/mol. The molecule has 20 heavy (non-hydrogen) atoms. The number of nitrogens with one attached hydrogen (secondary N) is 2. The first-order chi connectivity index (χ1) is 9.56. The SMILES string of the molecule is CCN(C)Cc1cccc(CNC(=O)C(C)CNC)c1. The predicted octanol–water partition coefficient (Wildman–Crippen LogP) is 1.61. The van der Waals surface area contributed by atoms with Crippen LogP contribution in [0.5, 0.6) is 0 Å². The molecule has 0 aliphatic carbocycles. The van der Waals surface area contributed by atoms with Gasteiger partial charge in [-0.2, -0.15) is 0 Å². The highest BCUT2D eigenvalue weighted by atomic mass is 16.1. The van der Waals surface area contributed by atoms with E-state index in [0.717, 1.165) is 18.7 Å². The Morgan fingerprint density at radius 3 is 2.70 bits per heavy atom. The van der Waals surface area contributed by atoms with Crippen molar-refractivity contribution in [1.82, 2.24) is 15.5 Å². The van der Waals surface area contributed by atoms with Crippen LogP contribution in [0.15, 0.2) is 24.3 Å². The van der Waals surface area contributed by atoms with E-state index in [1.54, 1.807) is 0 Å². The van der Waals surface area contributed by atoms with E-state index in [9.17, 15) is 4.79 Å². The van der Waals surface area contributed by atoms with Gasteiger partial charge in [0, 0.05) is 25.6 Å².